The Hall–Kier alpha value is -1.55. The Morgan fingerprint density at radius 2 is 2.27 bits per heavy atom. The van der Waals surface area contributed by atoms with Crippen LogP contribution in [-0.2, 0) is 9.53 Å². The maximum atomic E-state index is 11.2. The van der Waals surface area contributed by atoms with Crippen molar-refractivity contribution in [2.45, 2.75) is 19.4 Å². The molecule has 82 valence electrons. The van der Waals surface area contributed by atoms with Crippen LogP contribution in [0.25, 0.3) is 0 Å². The second kappa shape index (κ2) is 5.36. The van der Waals surface area contributed by atoms with Crippen LogP contribution < -0.4 is 11.5 Å². The van der Waals surface area contributed by atoms with Gasteiger partial charge in [-0.2, -0.15) is 0 Å². The fraction of sp³-hybridized carbons (Fsp3) is 0.364. The van der Waals surface area contributed by atoms with Gasteiger partial charge in [0, 0.05) is 11.7 Å². The van der Waals surface area contributed by atoms with Gasteiger partial charge in [0.15, 0.2) is 0 Å². The average Bonchev–Trinajstić information content (AvgIpc) is 2.18. The van der Waals surface area contributed by atoms with Crippen LogP contribution in [0.2, 0.25) is 0 Å². The predicted octanol–water partition coefficient (Wildman–Crippen LogP) is 1.22. The van der Waals surface area contributed by atoms with Crippen molar-refractivity contribution < 1.29 is 9.53 Å². The van der Waals surface area contributed by atoms with Crippen LogP contribution in [0.3, 0.4) is 0 Å². The minimum Gasteiger partial charge on any atom is -0.466 e. The third kappa shape index (κ3) is 3.59. The molecule has 4 nitrogen and oxygen atoms in total. The molecule has 0 bridgehead atoms. The normalized spacial score (nSPS) is 12.1. The fourth-order valence-electron chi connectivity index (χ4n) is 1.31. The number of esters is 1. The van der Waals surface area contributed by atoms with E-state index in [1.54, 1.807) is 19.1 Å². The van der Waals surface area contributed by atoms with Gasteiger partial charge in [-0.05, 0) is 24.6 Å². The average molecular weight is 208 g/mol. The van der Waals surface area contributed by atoms with Gasteiger partial charge < -0.3 is 16.2 Å². The molecule has 0 aliphatic heterocycles. The first kappa shape index (κ1) is 11.5. The minimum atomic E-state index is -0.354. The molecule has 0 amide bonds. The van der Waals surface area contributed by atoms with Crippen LogP contribution in [-0.4, -0.2) is 12.6 Å². The van der Waals surface area contributed by atoms with Gasteiger partial charge in [0.1, 0.15) is 0 Å². The Balaban J connectivity index is 2.60. The van der Waals surface area contributed by atoms with E-state index in [-0.39, 0.29) is 18.4 Å². The Kier molecular flexibility index (Phi) is 4.12. The van der Waals surface area contributed by atoms with E-state index in [1.807, 2.05) is 12.1 Å². The topological polar surface area (TPSA) is 78.3 Å². The molecule has 0 saturated carbocycles. The molecule has 0 aliphatic rings. The van der Waals surface area contributed by atoms with E-state index in [0.29, 0.717) is 12.3 Å². The van der Waals surface area contributed by atoms with E-state index >= 15 is 0 Å². The highest BCUT2D eigenvalue weighted by Gasteiger charge is 2.12. The monoisotopic (exact) mass is 208 g/mol. The standard InChI is InChI=1S/C11H16N2O2/c1-2-15-11(14)7-10(13)8-4-3-5-9(12)6-8/h3-6,10H,2,7,12-13H2,1H3. The van der Waals surface area contributed by atoms with Crippen molar-refractivity contribution >= 4 is 11.7 Å². The predicted molar refractivity (Wildman–Crippen MR) is 59.0 cm³/mol. The maximum absolute atomic E-state index is 11.2. The summed E-state index contributed by atoms with van der Waals surface area (Å²) in [5, 5.41) is 0. The lowest BCUT2D eigenvalue weighted by Gasteiger charge is -2.11. The van der Waals surface area contributed by atoms with Crippen molar-refractivity contribution in [1.29, 1.82) is 0 Å². The zero-order chi connectivity index (χ0) is 11.3. The first-order valence-electron chi connectivity index (χ1n) is 4.90. The molecule has 0 spiro atoms. The van der Waals surface area contributed by atoms with E-state index in [4.69, 9.17) is 16.2 Å². The van der Waals surface area contributed by atoms with Crippen LogP contribution >= 0.6 is 0 Å². The molecule has 1 unspecified atom stereocenters. The molecule has 1 atom stereocenters. The van der Waals surface area contributed by atoms with Gasteiger partial charge in [-0.3, -0.25) is 4.79 Å². The number of hydrogen-bond donors (Lipinski definition) is 2. The third-order valence-corrected chi connectivity index (χ3v) is 2.03. The number of carbonyl (C=O) groups excluding carboxylic acids is 1. The summed E-state index contributed by atoms with van der Waals surface area (Å²) < 4.78 is 4.81. The molecule has 1 rings (SSSR count). The molecule has 1 aromatic carbocycles. The quantitative estimate of drug-likeness (QED) is 0.576. The van der Waals surface area contributed by atoms with Gasteiger partial charge in [0.25, 0.3) is 0 Å². The summed E-state index contributed by atoms with van der Waals surface area (Å²) in [5.41, 5.74) is 12.9. The smallest absolute Gasteiger partial charge is 0.307 e. The van der Waals surface area contributed by atoms with Gasteiger partial charge >= 0.3 is 5.97 Å². The highest BCUT2D eigenvalue weighted by atomic mass is 16.5. The molecule has 0 heterocycles. The van der Waals surface area contributed by atoms with Gasteiger partial charge in [-0.25, -0.2) is 0 Å². The number of ether oxygens (including phenoxy) is 1. The van der Waals surface area contributed by atoms with Crippen LogP contribution in [0, 0.1) is 0 Å². The molecule has 1 aromatic rings. The van der Waals surface area contributed by atoms with Crippen LogP contribution in [0.5, 0.6) is 0 Å². The molecule has 0 aromatic heterocycles. The highest BCUT2D eigenvalue weighted by molar-refractivity contribution is 5.70. The molecule has 0 saturated heterocycles. The van der Waals surface area contributed by atoms with Gasteiger partial charge in [0.05, 0.1) is 13.0 Å². The summed E-state index contributed by atoms with van der Waals surface area (Å²) in [6, 6.07) is 6.85. The fourth-order valence-corrected chi connectivity index (χ4v) is 1.31. The SMILES string of the molecule is CCOC(=O)CC(N)c1cccc(N)c1. The van der Waals surface area contributed by atoms with Gasteiger partial charge in [-0.15, -0.1) is 0 Å². The Labute approximate surface area is 89.2 Å². The molecule has 4 heteroatoms. The lowest BCUT2D eigenvalue weighted by atomic mass is 10.0. The second-order valence-corrected chi connectivity index (χ2v) is 3.29. The highest BCUT2D eigenvalue weighted by Crippen LogP contribution is 2.16. The summed E-state index contributed by atoms with van der Waals surface area (Å²) >= 11 is 0. The van der Waals surface area contributed by atoms with Crippen LogP contribution in [0.1, 0.15) is 24.9 Å². The van der Waals surface area contributed by atoms with Gasteiger partial charge in [0.2, 0.25) is 0 Å². The Bertz CT molecular complexity index is 339. The maximum Gasteiger partial charge on any atom is 0.307 e. The lowest BCUT2D eigenvalue weighted by molar-refractivity contribution is -0.143. The number of anilines is 1. The number of nitrogens with two attached hydrogens (primary N) is 2. The van der Waals surface area contributed by atoms with Crippen molar-refractivity contribution in [3.05, 3.63) is 29.8 Å². The summed E-state index contributed by atoms with van der Waals surface area (Å²) in [6.45, 7) is 2.15. The number of rotatable bonds is 4. The lowest BCUT2D eigenvalue weighted by Crippen LogP contribution is -2.17. The minimum absolute atomic E-state index is 0.178. The van der Waals surface area contributed by atoms with Crippen molar-refractivity contribution in [3.8, 4) is 0 Å². The molecular weight excluding hydrogens is 192 g/mol. The molecule has 0 radical (unpaired) electrons. The van der Waals surface area contributed by atoms with E-state index in [1.165, 1.54) is 0 Å². The number of benzene rings is 1. The Morgan fingerprint density at radius 1 is 1.53 bits per heavy atom. The molecular formula is C11H16N2O2. The van der Waals surface area contributed by atoms with Crippen LogP contribution in [0.15, 0.2) is 24.3 Å². The van der Waals surface area contributed by atoms with Gasteiger partial charge in [-0.1, -0.05) is 12.1 Å². The molecule has 0 aliphatic carbocycles. The van der Waals surface area contributed by atoms with E-state index in [9.17, 15) is 4.79 Å². The number of carbonyl (C=O) groups is 1. The summed E-state index contributed by atoms with van der Waals surface area (Å²) in [5.74, 6) is -0.285. The van der Waals surface area contributed by atoms with Crippen LogP contribution in [0.4, 0.5) is 5.69 Å². The van der Waals surface area contributed by atoms with Crippen molar-refractivity contribution in [2.75, 3.05) is 12.3 Å². The Morgan fingerprint density at radius 3 is 2.87 bits per heavy atom. The summed E-state index contributed by atoms with van der Waals surface area (Å²) in [4.78, 5) is 11.2. The first-order valence-corrected chi connectivity index (χ1v) is 4.90. The first-order chi connectivity index (χ1) is 7.13. The van der Waals surface area contributed by atoms with E-state index in [0.717, 1.165) is 5.56 Å². The van der Waals surface area contributed by atoms with Crippen molar-refractivity contribution in [1.82, 2.24) is 0 Å². The number of nitrogen functional groups attached to an aromatic ring is 1. The summed E-state index contributed by atoms with van der Waals surface area (Å²) in [6.07, 6.45) is 0.178. The van der Waals surface area contributed by atoms with E-state index < -0.39 is 0 Å². The zero-order valence-electron chi connectivity index (χ0n) is 8.77. The molecule has 4 N–H and O–H groups in total. The molecule has 0 fully saturated rings. The third-order valence-electron chi connectivity index (χ3n) is 2.03. The van der Waals surface area contributed by atoms with Crippen molar-refractivity contribution in [2.24, 2.45) is 5.73 Å². The van der Waals surface area contributed by atoms with E-state index in [2.05, 4.69) is 0 Å². The zero-order valence-corrected chi connectivity index (χ0v) is 8.77. The molecule has 15 heavy (non-hydrogen) atoms. The number of hydrogen-bond acceptors (Lipinski definition) is 4. The second-order valence-electron chi connectivity index (χ2n) is 3.29. The summed E-state index contributed by atoms with van der Waals surface area (Å²) in [7, 11) is 0. The van der Waals surface area contributed by atoms with Crippen molar-refractivity contribution in [3.63, 3.8) is 0 Å². The largest absolute Gasteiger partial charge is 0.466 e.